The van der Waals surface area contributed by atoms with Crippen molar-refractivity contribution in [3.05, 3.63) is 71.0 Å². The molecule has 2 aromatic carbocycles. The van der Waals surface area contributed by atoms with Crippen molar-refractivity contribution in [1.82, 2.24) is 10.6 Å². The van der Waals surface area contributed by atoms with Crippen LogP contribution in [0.2, 0.25) is 0 Å². The van der Waals surface area contributed by atoms with Crippen LogP contribution in [0.4, 0.5) is 4.39 Å². The van der Waals surface area contributed by atoms with Gasteiger partial charge in [-0.3, -0.25) is 4.99 Å². The minimum Gasteiger partial charge on any atom is -0.356 e. The molecule has 0 aliphatic heterocycles. The number of guanidine groups is 1. The molecule has 0 spiro atoms. The summed E-state index contributed by atoms with van der Waals surface area (Å²) in [5.41, 5.74) is 3.17. The first-order valence-corrected chi connectivity index (χ1v) is 7.42. The van der Waals surface area contributed by atoms with Crippen molar-refractivity contribution in [3.63, 3.8) is 0 Å². The average Bonchev–Trinajstić information content (AvgIpc) is 2.54. The van der Waals surface area contributed by atoms with E-state index in [1.54, 1.807) is 19.2 Å². The lowest BCUT2D eigenvalue weighted by Crippen LogP contribution is -2.38. The maximum absolute atomic E-state index is 13.5. The summed E-state index contributed by atoms with van der Waals surface area (Å²) in [5.74, 6) is 0.473. The van der Waals surface area contributed by atoms with Crippen molar-refractivity contribution in [1.29, 1.82) is 0 Å². The number of benzene rings is 2. The maximum Gasteiger partial charge on any atom is 0.191 e. The van der Waals surface area contributed by atoms with Crippen LogP contribution >= 0.6 is 0 Å². The van der Waals surface area contributed by atoms with Crippen LogP contribution < -0.4 is 10.6 Å². The van der Waals surface area contributed by atoms with Crippen LogP contribution in [0.3, 0.4) is 0 Å². The third-order valence-electron chi connectivity index (χ3n) is 3.45. The standard InChI is InChI=1S/C18H22FN3/c1-14-7-9-15(10-8-14)11-12-21-18(20-2)22-13-16-5-3-4-6-17(16)19/h3-10H,11-13H2,1-2H3,(H2,20,21,22). The molecule has 0 amide bonds. The minimum atomic E-state index is -0.204. The van der Waals surface area contributed by atoms with E-state index >= 15 is 0 Å². The highest BCUT2D eigenvalue weighted by Crippen LogP contribution is 2.05. The lowest BCUT2D eigenvalue weighted by atomic mass is 10.1. The van der Waals surface area contributed by atoms with Crippen molar-refractivity contribution in [2.45, 2.75) is 19.9 Å². The molecule has 0 atom stereocenters. The Morgan fingerprint density at radius 2 is 1.77 bits per heavy atom. The molecule has 2 rings (SSSR count). The fourth-order valence-electron chi connectivity index (χ4n) is 2.12. The zero-order valence-corrected chi connectivity index (χ0v) is 13.1. The van der Waals surface area contributed by atoms with E-state index in [-0.39, 0.29) is 5.82 Å². The van der Waals surface area contributed by atoms with Crippen LogP contribution in [0.25, 0.3) is 0 Å². The number of hydrogen-bond acceptors (Lipinski definition) is 1. The summed E-state index contributed by atoms with van der Waals surface area (Å²) in [6, 6.07) is 15.2. The summed E-state index contributed by atoms with van der Waals surface area (Å²) in [5, 5.41) is 6.36. The van der Waals surface area contributed by atoms with Gasteiger partial charge >= 0.3 is 0 Å². The Hall–Kier alpha value is -2.36. The molecular weight excluding hydrogens is 277 g/mol. The van der Waals surface area contributed by atoms with Crippen LogP contribution in [0.15, 0.2) is 53.5 Å². The van der Waals surface area contributed by atoms with Gasteiger partial charge in [0.25, 0.3) is 0 Å². The number of hydrogen-bond donors (Lipinski definition) is 2. The fourth-order valence-corrected chi connectivity index (χ4v) is 2.12. The Labute approximate surface area is 131 Å². The number of aryl methyl sites for hydroxylation is 1. The van der Waals surface area contributed by atoms with Gasteiger partial charge in [-0.25, -0.2) is 4.39 Å². The zero-order chi connectivity index (χ0) is 15.8. The molecule has 22 heavy (non-hydrogen) atoms. The molecule has 0 aliphatic rings. The minimum absolute atomic E-state index is 0.204. The van der Waals surface area contributed by atoms with E-state index in [1.807, 2.05) is 6.07 Å². The lowest BCUT2D eigenvalue weighted by Gasteiger charge is -2.12. The summed E-state index contributed by atoms with van der Waals surface area (Å²) in [4.78, 5) is 4.15. The number of aliphatic imine (C=N–C) groups is 1. The van der Waals surface area contributed by atoms with E-state index in [2.05, 4.69) is 46.8 Å². The second kappa shape index (κ2) is 8.17. The monoisotopic (exact) mass is 299 g/mol. The molecule has 4 heteroatoms. The molecule has 0 saturated carbocycles. The third-order valence-corrected chi connectivity index (χ3v) is 3.45. The van der Waals surface area contributed by atoms with Gasteiger partial charge in [-0.2, -0.15) is 0 Å². The van der Waals surface area contributed by atoms with Crippen molar-refractivity contribution >= 4 is 5.96 Å². The van der Waals surface area contributed by atoms with E-state index < -0.39 is 0 Å². The SMILES string of the molecule is CN=C(NCCc1ccc(C)cc1)NCc1ccccc1F. The summed E-state index contributed by atoms with van der Waals surface area (Å²) >= 11 is 0. The van der Waals surface area contributed by atoms with Crippen LogP contribution in [0.1, 0.15) is 16.7 Å². The van der Waals surface area contributed by atoms with E-state index in [1.165, 1.54) is 17.2 Å². The molecule has 0 aliphatic carbocycles. The van der Waals surface area contributed by atoms with Gasteiger partial charge in [0.2, 0.25) is 0 Å². The topological polar surface area (TPSA) is 36.4 Å². The van der Waals surface area contributed by atoms with E-state index in [0.29, 0.717) is 18.1 Å². The predicted octanol–water partition coefficient (Wildman–Crippen LogP) is 3.04. The lowest BCUT2D eigenvalue weighted by molar-refractivity contribution is 0.604. The molecule has 0 aromatic heterocycles. The zero-order valence-electron chi connectivity index (χ0n) is 13.1. The largest absolute Gasteiger partial charge is 0.356 e. The van der Waals surface area contributed by atoms with Gasteiger partial charge in [0, 0.05) is 25.7 Å². The maximum atomic E-state index is 13.5. The molecule has 3 nitrogen and oxygen atoms in total. The fraction of sp³-hybridized carbons (Fsp3) is 0.278. The molecule has 0 heterocycles. The quantitative estimate of drug-likeness (QED) is 0.657. The Morgan fingerprint density at radius 3 is 2.45 bits per heavy atom. The van der Waals surface area contributed by atoms with Crippen molar-refractivity contribution in [2.24, 2.45) is 4.99 Å². The Morgan fingerprint density at radius 1 is 1.05 bits per heavy atom. The highest BCUT2D eigenvalue weighted by Gasteiger charge is 2.02. The number of nitrogens with zero attached hydrogens (tertiary/aromatic N) is 1. The first-order valence-electron chi connectivity index (χ1n) is 7.42. The summed E-state index contributed by atoms with van der Waals surface area (Å²) in [6.07, 6.45) is 0.917. The third kappa shape index (κ3) is 4.88. The summed E-state index contributed by atoms with van der Waals surface area (Å²) < 4.78 is 13.5. The van der Waals surface area contributed by atoms with Crippen LogP contribution in [-0.4, -0.2) is 19.6 Å². The van der Waals surface area contributed by atoms with Gasteiger partial charge < -0.3 is 10.6 Å². The second-order valence-electron chi connectivity index (χ2n) is 5.18. The van der Waals surface area contributed by atoms with Gasteiger partial charge in [0.05, 0.1) is 0 Å². The normalized spacial score (nSPS) is 11.3. The van der Waals surface area contributed by atoms with E-state index in [9.17, 15) is 4.39 Å². The number of rotatable bonds is 5. The molecule has 0 unspecified atom stereocenters. The molecule has 2 aromatic rings. The molecule has 2 N–H and O–H groups in total. The summed E-state index contributed by atoms with van der Waals surface area (Å²) in [6.45, 7) is 3.27. The molecule has 0 bridgehead atoms. The second-order valence-corrected chi connectivity index (χ2v) is 5.18. The average molecular weight is 299 g/mol. The van der Waals surface area contributed by atoms with E-state index in [0.717, 1.165) is 13.0 Å². The Balaban J connectivity index is 1.78. The van der Waals surface area contributed by atoms with Crippen LogP contribution in [0.5, 0.6) is 0 Å². The molecule has 0 radical (unpaired) electrons. The van der Waals surface area contributed by atoms with Gasteiger partial charge in [-0.1, -0.05) is 48.0 Å². The number of nitrogens with one attached hydrogen (secondary N) is 2. The molecule has 0 saturated heterocycles. The molecular formula is C18H22FN3. The van der Waals surface area contributed by atoms with Crippen molar-refractivity contribution < 1.29 is 4.39 Å². The Bertz CT molecular complexity index is 620. The van der Waals surface area contributed by atoms with E-state index in [4.69, 9.17) is 0 Å². The van der Waals surface area contributed by atoms with Crippen molar-refractivity contribution in [2.75, 3.05) is 13.6 Å². The Kier molecular flexibility index (Phi) is 5.95. The molecule has 0 fully saturated rings. The van der Waals surface area contributed by atoms with Gasteiger partial charge in [-0.15, -0.1) is 0 Å². The first kappa shape index (κ1) is 16.0. The van der Waals surface area contributed by atoms with Gasteiger partial charge in [-0.05, 0) is 25.0 Å². The smallest absolute Gasteiger partial charge is 0.191 e. The predicted molar refractivity (Wildman–Crippen MR) is 89.5 cm³/mol. The van der Waals surface area contributed by atoms with Gasteiger partial charge in [0.1, 0.15) is 5.82 Å². The van der Waals surface area contributed by atoms with Gasteiger partial charge in [0.15, 0.2) is 5.96 Å². The first-order chi connectivity index (χ1) is 10.7. The molecule has 116 valence electrons. The highest BCUT2D eigenvalue weighted by atomic mass is 19.1. The van der Waals surface area contributed by atoms with Crippen LogP contribution in [-0.2, 0) is 13.0 Å². The number of halogens is 1. The van der Waals surface area contributed by atoms with Crippen molar-refractivity contribution in [3.8, 4) is 0 Å². The van der Waals surface area contributed by atoms with Crippen LogP contribution in [0, 0.1) is 12.7 Å². The highest BCUT2D eigenvalue weighted by molar-refractivity contribution is 5.79. The summed E-state index contributed by atoms with van der Waals surface area (Å²) in [7, 11) is 1.71.